The number of benzene rings is 3. The number of nitrogens with zero attached hydrogens (tertiary/aromatic N) is 4. The van der Waals surface area contributed by atoms with Crippen LogP contribution in [0.3, 0.4) is 0 Å². The summed E-state index contributed by atoms with van der Waals surface area (Å²) in [5, 5.41) is 13.5. The van der Waals surface area contributed by atoms with Crippen LogP contribution in [0.1, 0.15) is 31.9 Å². The van der Waals surface area contributed by atoms with E-state index in [1.165, 1.54) is 17.3 Å². The van der Waals surface area contributed by atoms with Gasteiger partial charge in [-0.15, -0.1) is 10.2 Å². The third-order valence-electron chi connectivity index (χ3n) is 5.43. The van der Waals surface area contributed by atoms with E-state index < -0.39 is 0 Å². The molecule has 182 valence electrons. The first-order chi connectivity index (χ1) is 17.4. The molecule has 7 heteroatoms. The van der Waals surface area contributed by atoms with Gasteiger partial charge in [-0.05, 0) is 34.8 Å². The van der Waals surface area contributed by atoms with Crippen molar-refractivity contribution in [2.24, 2.45) is 5.10 Å². The van der Waals surface area contributed by atoms with Crippen LogP contribution in [-0.4, -0.2) is 32.6 Å². The highest BCUT2D eigenvalue weighted by Gasteiger charge is 2.18. The molecule has 3 aromatic carbocycles. The number of aromatic nitrogens is 3. The van der Waals surface area contributed by atoms with E-state index >= 15 is 0 Å². The number of rotatable bonds is 8. The number of carbonyl (C=O) groups is 1. The van der Waals surface area contributed by atoms with Gasteiger partial charge in [-0.25, -0.2) is 5.43 Å². The van der Waals surface area contributed by atoms with Gasteiger partial charge in [-0.3, -0.25) is 9.36 Å². The Labute approximate surface area is 216 Å². The molecule has 0 saturated carbocycles. The standard InChI is InChI=1S/C29H29N5OS/c1-29(2,3)24-18-16-23(17-19-24)27-32-33-28(34(27)25-14-8-5-9-15-25)36-21-26(35)31-30-20-10-13-22-11-6-4-7-12-22/h4-20H,21H2,1-3H3,(H,31,35). The van der Waals surface area contributed by atoms with E-state index in [1.807, 2.05) is 71.3 Å². The maximum Gasteiger partial charge on any atom is 0.250 e. The van der Waals surface area contributed by atoms with Crippen molar-refractivity contribution in [3.8, 4) is 17.1 Å². The second kappa shape index (κ2) is 11.6. The SMILES string of the molecule is CC(C)(C)c1ccc(-c2nnc(SCC(=O)NN=CC=Cc3ccccc3)n2-c2ccccc2)cc1. The Hall–Kier alpha value is -3.97. The second-order valence-corrected chi connectivity index (χ2v) is 10.1. The van der Waals surface area contributed by atoms with Crippen LogP contribution in [0.5, 0.6) is 0 Å². The molecule has 0 bridgehead atoms. The van der Waals surface area contributed by atoms with E-state index in [9.17, 15) is 4.79 Å². The molecular weight excluding hydrogens is 466 g/mol. The predicted molar refractivity (Wildman–Crippen MR) is 148 cm³/mol. The van der Waals surface area contributed by atoms with Crippen LogP contribution in [0.15, 0.2) is 101 Å². The van der Waals surface area contributed by atoms with E-state index in [1.54, 1.807) is 12.3 Å². The van der Waals surface area contributed by atoms with Crippen LogP contribution >= 0.6 is 11.8 Å². The van der Waals surface area contributed by atoms with Crippen molar-refractivity contribution in [3.05, 3.63) is 102 Å². The molecular formula is C29H29N5OS. The zero-order chi connectivity index (χ0) is 25.4. The van der Waals surface area contributed by atoms with Crippen LogP contribution < -0.4 is 5.43 Å². The fourth-order valence-corrected chi connectivity index (χ4v) is 4.26. The topological polar surface area (TPSA) is 72.2 Å². The van der Waals surface area contributed by atoms with Crippen LogP contribution in [0.4, 0.5) is 0 Å². The smallest absolute Gasteiger partial charge is 0.250 e. The molecule has 36 heavy (non-hydrogen) atoms. The molecule has 0 aliphatic carbocycles. The summed E-state index contributed by atoms with van der Waals surface area (Å²) in [5.74, 6) is 0.671. The lowest BCUT2D eigenvalue weighted by Crippen LogP contribution is -2.19. The van der Waals surface area contributed by atoms with E-state index in [0.29, 0.717) is 5.16 Å². The molecule has 1 heterocycles. The highest BCUT2D eigenvalue weighted by atomic mass is 32.2. The summed E-state index contributed by atoms with van der Waals surface area (Å²) >= 11 is 1.32. The molecule has 0 aliphatic rings. The average molecular weight is 496 g/mol. The molecule has 1 amide bonds. The minimum Gasteiger partial charge on any atom is -0.272 e. The second-order valence-electron chi connectivity index (χ2n) is 9.18. The van der Waals surface area contributed by atoms with Gasteiger partial charge in [-0.1, -0.05) is 111 Å². The van der Waals surface area contributed by atoms with Crippen molar-refractivity contribution in [2.75, 3.05) is 5.75 Å². The van der Waals surface area contributed by atoms with Crippen molar-refractivity contribution < 1.29 is 4.79 Å². The monoisotopic (exact) mass is 495 g/mol. The molecule has 0 atom stereocenters. The molecule has 1 aromatic heterocycles. The molecule has 6 nitrogen and oxygen atoms in total. The Morgan fingerprint density at radius 2 is 1.61 bits per heavy atom. The van der Waals surface area contributed by atoms with Gasteiger partial charge >= 0.3 is 0 Å². The van der Waals surface area contributed by atoms with Crippen molar-refractivity contribution >= 4 is 30.0 Å². The zero-order valence-electron chi connectivity index (χ0n) is 20.6. The predicted octanol–water partition coefficient (Wildman–Crippen LogP) is 6.14. The first kappa shape index (κ1) is 25.1. The Morgan fingerprint density at radius 3 is 2.28 bits per heavy atom. The lowest BCUT2D eigenvalue weighted by atomic mass is 9.87. The number of hydrogen-bond donors (Lipinski definition) is 1. The Morgan fingerprint density at radius 1 is 0.944 bits per heavy atom. The van der Waals surface area contributed by atoms with Gasteiger partial charge in [0.2, 0.25) is 0 Å². The lowest BCUT2D eigenvalue weighted by molar-refractivity contribution is -0.118. The maximum absolute atomic E-state index is 12.4. The fraction of sp³-hybridized carbons (Fsp3) is 0.172. The van der Waals surface area contributed by atoms with E-state index in [-0.39, 0.29) is 17.1 Å². The normalized spacial score (nSPS) is 11.9. The molecule has 0 fully saturated rings. The van der Waals surface area contributed by atoms with Crippen molar-refractivity contribution in [2.45, 2.75) is 31.3 Å². The maximum atomic E-state index is 12.4. The molecule has 4 rings (SSSR count). The van der Waals surface area contributed by atoms with Gasteiger partial charge in [0.25, 0.3) is 5.91 Å². The van der Waals surface area contributed by atoms with Crippen LogP contribution in [0.25, 0.3) is 23.2 Å². The molecule has 4 aromatic rings. The number of nitrogens with one attached hydrogen (secondary N) is 1. The Bertz CT molecular complexity index is 1340. The lowest BCUT2D eigenvalue weighted by Gasteiger charge is -2.19. The molecule has 0 radical (unpaired) electrons. The summed E-state index contributed by atoms with van der Waals surface area (Å²) in [7, 11) is 0. The van der Waals surface area contributed by atoms with Crippen molar-refractivity contribution in [1.82, 2.24) is 20.2 Å². The molecule has 1 N–H and O–H groups in total. The van der Waals surface area contributed by atoms with Gasteiger partial charge < -0.3 is 0 Å². The number of allylic oxidation sites excluding steroid dienone is 1. The average Bonchev–Trinajstić information content (AvgIpc) is 3.32. The Balaban J connectivity index is 1.46. The van der Waals surface area contributed by atoms with Gasteiger partial charge in [0.1, 0.15) is 0 Å². The third kappa shape index (κ3) is 6.58. The summed E-state index contributed by atoms with van der Waals surface area (Å²) in [5.41, 5.74) is 6.84. The minimum absolute atomic E-state index is 0.0693. The van der Waals surface area contributed by atoms with Crippen LogP contribution in [0.2, 0.25) is 0 Å². The van der Waals surface area contributed by atoms with E-state index in [4.69, 9.17) is 0 Å². The zero-order valence-corrected chi connectivity index (χ0v) is 21.4. The van der Waals surface area contributed by atoms with Gasteiger partial charge in [0, 0.05) is 17.5 Å². The number of hydrazone groups is 1. The molecule has 0 spiro atoms. The Kier molecular flexibility index (Phi) is 8.13. The highest BCUT2D eigenvalue weighted by Crippen LogP contribution is 2.30. The highest BCUT2D eigenvalue weighted by molar-refractivity contribution is 7.99. The first-order valence-electron chi connectivity index (χ1n) is 11.7. The minimum atomic E-state index is -0.219. The number of para-hydroxylation sites is 1. The van der Waals surface area contributed by atoms with Crippen molar-refractivity contribution in [3.63, 3.8) is 0 Å². The number of carbonyl (C=O) groups excluding carboxylic acids is 1. The fourth-order valence-electron chi connectivity index (χ4n) is 3.51. The quantitative estimate of drug-likeness (QED) is 0.181. The largest absolute Gasteiger partial charge is 0.272 e. The summed E-state index contributed by atoms with van der Waals surface area (Å²) in [4.78, 5) is 12.4. The summed E-state index contributed by atoms with van der Waals surface area (Å²) < 4.78 is 1.98. The van der Waals surface area contributed by atoms with Crippen molar-refractivity contribution in [1.29, 1.82) is 0 Å². The van der Waals surface area contributed by atoms with E-state index in [2.05, 4.69) is 65.8 Å². The van der Waals surface area contributed by atoms with Crippen LogP contribution in [0, 0.1) is 0 Å². The van der Waals surface area contributed by atoms with Gasteiger partial charge in [0.05, 0.1) is 5.75 Å². The third-order valence-corrected chi connectivity index (χ3v) is 6.36. The summed E-state index contributed by atoms with van der Waals surface area (Å²) in [6.45, 7) is 6.58. The molecule has 0 unspecified atom stereocenters. The van der Waals surface area contributed by atoms with Gasteiger partial charge in [-0.2, -0.15) is 5.10 Å². The number of amides is 1. The summed E-state index contributed by atoms with van der Waals surface area (Å²) in [6, 6.07) is 28.2. The van der Waals surface area contributed by atoms with Gasteiger partial charge in [0.15, 0.2) is 11.0 Å². The molecule has 0 saturated heterocycles. The summed E-state index contributed by atoms with van der Waals surface area (Å²) in [6.07, 6.45) is 5.26. The molecule has 0 aliphatic heterocycles. The number of thioether (sulfide) groups is 1. The number of hydrogen-bond acceptors (Lipinski definition) is 5. The van der Waals surface area contributed by atoms with Crippen LogP contribution in [-0.2, 0) is 10.2 Å². The van der Waals surface area contributed by atoms with E-state index in [0.717, 1.165) is 22.6 Å². The first-order valence-corrected chi connectivity index (χ1v) is 12.7.